The molecule has 1 atom stereocenters. The van der Waals surface area contributed by atoms with Gasteiger partial charge in [-0.05, 0) is 36.8 Å². The van der Waals surface area contributed by atoms with Crippen LogP contribution in [0, 0.1) is 0 Å². The average Bonchev–Trinajstić information content (AvgIpc) is 2.65. The van der Waals surface area contributed by atoms with Gasteiger partial charge in [-0.3, -0.25) is 0 Å². The Labute approximate surface area is 156 Å². The number of carbonyl (C=O) groups excluding carboxylic acids is 1. The molecule has 0 N–H and O–H groups in total. The van der Waals surface area contributed by atoms with Crippen molar-refractivity contribution >= 4 is 6.09 Å². The number of hydrogen-bond acceptors (Lipinski definition) is 3. The minimum atomic E-state index is -4.39. The summed E-state index contributed by atoms with van der Waals surface area (Å²) in [7, 11) is 1.62. The Balaban J connectivity index is 2.10. The van der Waals surface area contributed by atoms with Gasteiger partial charge in [0.05, 0.1) is 12.2 Å². The first-order valence-electron chi connectivity index (χ1n) is 8.58. The van der Waals surface area contributed by atoms with E-state index in [-0.39, 0.29) is 6.61 Å². The number of alkyl halides is 3. The molecule has 27 heavy (non-hydrogen) atoms. The van der Waals surface area contributed by atoms with Gasteiger partial charge in [-0.1, -0.05) is 30.3 Å². The van der Waals surface area contributed by atoms with Crippen molar-refractivity contribution in [2.45, 2.75) is 25.6 Å². The Kier molecular flexibility index (Phi) is 7.10. The number of ether oxygens (including phenoxy) is 2. The van der Waals surface area contributed by atoms with Crippen molar-refractivity contribution < 1.29 is 27.4 Å². The zero-order chi connectivity index (χ0) is 19.9. The second kappa shape index (κ2) is 9.30. The van der Waals surface area contributed by atoms with Crippen LogP contribution in [0.15, 0.2) is 54.6 Å². The molecule has 2 aromatic rings. The summed E-state index contributed by atoms with van der Waals surface area (Å²) in [6.45, 7) is 2.39. The Hall–Kier alpha value is -2.70. The van der Waals surface area contributed by atoms with Crippen LogP contribution in [0.2, 0.25) is 0 Å². The molecule has 4 nitrogen and oxygen atoms in total. The lowest BCUT2D eigenvalue weighted by molar-refractivity contribution is -0.137. The molecule has 1 amide bonds. The van der Waals surface area contributed by atoms with Crippen molar-refractivity contribution in [2.24, 2.45) is 0 Å². The maximum atomic E-state index is 12.7. The molecule has 0 radical (unpaired) electrons. The molecular weight excluding hydrogens is 359 g/mol. The van der Waals surface area contributed by atoms with E-state index in [4.69, 9.17) is 9.47 Å². The summed E-state index contributed by atoms with van der Waals surface area (Å²) in [4.78, 5) is 13.2. The van der Waals surface area contributed by atoms with E-state index in [9.17, 15) is 18.0 Å². The Morgan fingerprint density at radius 2 is 1.70 bits per heavy atom. The third-order valence-electron chi connectivity index (χ3n) is 3.94. The number of hydrogen-bond donors (Lipinski definition) is 0. The van der Waals surface area contributed by atoms with Crippen molar-refractivity contribution in [2.75, 3.05) is 20.2 Å². The topological polar surface area (TPSA) is 38.8 Å². The van der Waals surface area contributed by atoms with Gasteiger partial charge in [-0.15, -0.1) is 0 Å². The molecule has 2 aromatic carbocycles. The highest BCUT2D eigenvalue weighted by molar-refractivity contribution is 5.67. The normalized spacial score (nSPS) is 12.3. The highest BCUT2D eigenvalue weighted by atomic mass is 19.4. The minimum absolute atomic E-state index is 0.285. The second-order valence-corrected chi connectivity index (χ2v) is 5.95. The molecule has 0 saturated carbocycles. The van der Waals surface area contributed by atoms with Crippen molar-refractivity contribution in [1.29, 1.82) is 0 Å². The number of nitrogens with zero attached hydrogens (tertiary/aromatic N) is 1. The van der Waals surface area contributed by atoms with Gasteiger partial charge in [0.2, 0.25) is 0 Å². The zero-order valence-electron chi connectivity index (χ0n) is 15.2. The van der Waals surface area contributed by atoms with E-state index in [2.05, 4.69) is 0 Å². The molecule has 7 heteroatoms. The van der Waals surface area contributed by atoms with Crippen LogP contribution in [0.1, 0.15) is 30.6 Å². The highest BCUT2D eigenvalue weighted by Gasteiger charge is 2.30. The van der Waals surface area contributed by atoms with Crippen LogP contribution in [0.3, 0.4) is 0 Å². The number of rotatable bonds is 7. The van der Waals surface area contributed by atoms with E-state index >= 15 is 0 Å². The molecule has 0 aliphatic carbocycles. The SMILES string of the molecule is CCOC(=O)N(C)CC[C@@H](Oc1ccc(C(F)(F)F)cc1)c1ccccc1. The van der Waals surface area contributed by atoms with E-state index < -0.39 is 23.9 Å². The summed E-state index contributed by atoms with van der Waals surface area (Å²) in [5.74, 6) is 0.329. The highest BCUT2D eigenvalue weighted by Crippen LogP contribution is 2.32. The van der Waals surface area contributed by atoms with E-state index in [1.54, 1.807) is 14.0 Å². The lowest BCUT2D eigenvalue weighted by Gasteiger charge is -2.23. The molecule has 0 bridgehead atoms. The van der Waals surface area contributed by atoms with Crippen LogP contribution in [0.5, 0.6) is 5.75 Å². The third-order valence-corrected chi connectivity index (χ3v) is 3.94. The molecule has 0 saturated heterocycles. The Morgan fingerprint density at radius 1 is 1.07 bits per heavy atom. The maximum absolute atomic E-state index is 12.7. The van der Waals surface area contributed by atoms with Crippen molar-refractivity contribution in [3.8, 4) is 5.75 Å². The first kappa shape index (κ1) is 20.6. The van der Waals surface area contributed by atoms with Gasteiger partial charge in [0.25, 0.3) is 0 Å². The van der Waals surface area contributed by atoms with Crippen LogP contribution in [0.4, 0.5) is 18.0 Å². The molecule has 0 heterocycles. The first-order chi connectivity index (χ1) is 12.8. The zero-order valence-corrected chi connectivity index (χ0v) is 15.2. The molecule has 0 spiro atoms. The summed E-state index contributed by atoms with van der Waals surface area (Å²) < 4.78 is 49.0. The standard InChI is InChI=1S/C20H22F3NO3/c1-3-26-19(25)24(2)14-13-18(15-7-5-4-6-8-15)27-17-11-9-16(10-12-17)20(21,22)23/h4-12,18H,3,13-14H2,1-2H3/t18-/m1/s1. The predicted octanol–water partition coefficient (Wildman–Crippen LogP) is 5.30. The van der Waals surface area contributed by atoms with Crippen LogP contribution < -0.4 is 4.74 Å². The monoisotopic (exact) mass is 381 g/mol. The summed E-state index contributed by atoms with van der Waals surface area (Å²) >= 11 is 0. The van der Waals surface area contributed by atoms with E-state index in [0.29, 0.717) is 18.7 Å². The fourth-order valence-electron chi connectivity index (χ4n) is 2.48. The van der Waals surface area contributed by atoms with Gasteiger partial charge in [0.15, 0.2) is 0 Å². The molecule has 0 aliphatic rings. The van der Waals surface area contributed by atoms with Gasteiger partial charge in [-0.25, -0.2) is 4.79 Å². The van der Waals surface area contributed by atoms with Crippen molar-refractivity contribution in [1.82, 2.24) is 4.90 Å². The van der Waals surface area contributed by atoms with Gasteiger partial charge < -0.3 is 14.4 Å². The molecule has 0 fully saturated rings. The summed E-state index contributed by atoms with van der Waals surface area (Å²) in [5.41, 5.74) is 0.141. The summed E-state index contributed by atoms with van der Waals surface area (Å²) in [6.07, 6.45) is -4.78. The van der Waals surface area contributed by atoms with Gasteiger partial charge in [0.1, 0.15) is 11.9 Å². The van der Waals surface area contributed by atoms with E-state index in [0.717, 1.165) is 17.7 Å². The van der Waals surface area contributed by atoms with E-state index in [1.165, 1.54) is 17.0 Å². The average molecular weight is 381 g/mol. The van der Waals surface area contributed by atoms with Crippen molar-refractivity contribution in [3.05, 3.63) is 65.7 Å². The molecule has 146 valence electrons. The fourth-order valence-corrected chi connectivity index (χ4v) is 2.48. The Bertz CT molecular complexity index is 718. The maximum Gasteiger partial charge on any atom is 0.416 e. The second-order valence-electron chi connectivity index (χ2n) is 5.95. The predicted molar refractivity (Wildman–Crippen MR) is 95.5 cm³/mol. The Morgan fingerprint density at radius 3 is 2.26 bits per heavy atom. The van der Waals surface area contributed by atoms with E-state index in [1.807, 2.05) is 30.3 Å². The smallest absolute Gasteiger partial charge is 0.416 e. The quantitative estimate of drug-likeness (QED) is 0.653. The van der Waals surface area contributed by atoms with Crippen molar-refractivity contribution in [3.63, 3.8) is 0 Å². The minimum Gasteiger partial charge on any atom is -0.486 e. The molecule has 2 rings (SSSR count). The fraction of sp³-hybridized carbons (Fsp3) is 0.350. The van der Waals surface area contributed by atoms with Gasteiger partial charge in [-0.2, -0.15) is 13.2 Å². The number of halogens is 3. The first-order valence-corrected chi connectivity index (χ1v) is 8.58. The number of carbonyl (C=O) groups is 1. The van der Waals surface area contributed by atoms with Crippen LogP contribution in [0.25, 0.3) is 0 Å². The number of benzene rings is 2. The summed E-state index contributed by atoms with van der Waals surface area (Å²) in [5, 5.41) is 0. The lowest BCUT2D eigenvalue weighted by atomic mass is 10.1. The van der Waals surface area contributed by atoms with Crippen LogP contribution in [-0.4, -0.2) is 31.2 Å². The molecule has 0 unspecified atom stereocenters. The van der Waals surface area contributed by atoms with Crippen LogP contribution >= 0.6 is 0 Å². The van der Waals surface area contributed by atoms with Gasteiger partial charge in [0, 0.05) is 20.0 Å². The molecular formula is C20H22F3NO3. The molecule has 0 aromatic heterocycles. The lowest BCUT2D eigenvalue weighted by Crippen LogP contribution is -2.30. The largest absolute Gasteiger partial charge is 0.486 e. The molecule has 0 aliphatic heterocycles. The van der Waals surface area contributed by atoms with Gasteiger partial charge >= 0.3 is 12.3 Å². The third kappa shape index (κ3) is 6.20. The number of amides is 1. The van der Waals surface area contributed by atoms with Crippen LogP contribution in [-0.2, 0) is 10.9 Å². The summed E-state index contributed by atoms with van der Waals surface area (Å²) in [6, 6.07) is 13.9.